The van der Waals surface area contributed by atoms with Crippen LogP contribution < -0.4 is 5.32 Å². The van der Waals surface area contributed by atoms with Gasteiger partial charge in [0.2, 0.25) is 5.91 Å². The van der Waals surface area contributed by atoms with Crippen molar-refractivity contribution in [3.8, 4) is 0 Å². The maximum Gasteiger partial charge on any atom is 0.307 e. The molecule has 1 aromatic heterocycles. The van der Waals surface area contributed by atoms with Gasteiger partial charge in [-0.15, -0.1) is 0 Å². The van der Waals surface area contributed by atoms with Gasteiger partial charge in [-0.25, -0.2) is 0 Å². The van der Waals surface area contributed by atoms with Crippen LogP contribution in [0.2, 0.25) is 0 Å². The van der Waals surface area contributed by atoms with Crippen LogP contribution in [0.25, 0.3) is 0 Å². The van der Waals surface area contributed by atoms with E-state index in [0.29, 0.717) is 12.1 Å². The summed E-state index contributed by atoms with van der Waals surface area (Å²) in [6.45, 7) is 3.99. The van der Waals surface area contributed by atoms with Gasteiger partial charge in [0.15, 0.2) is 0 Å². The van der Waals surface area contributed by atoms with Gasteiger partial charge in [0.05, 0.1) is 23.2 Å². The topological polar surface area (TPSA) is 84.2 Å². The van der Waals surface area contributed by atoms with E-state index in [9.17, 15) is 9.59 Å². The van der Waals surface area contributed by atoms with Crippen LogP contribution in [0, 0.1) is 11.8 Å². The SMILES string of the molecule is CC(C)c1nn(C)cc1NC(=O)[C@@H]1C[C@@H]1C(=O)O. The maximum absolute atomic E-state index is 11.9. The number of amides is 1. The van der Waals surface area contributed by atoms with E-state index in [-0.39, 0.29) is 11.8 Å². The molecule has 18 heavy (non-hydrogen) atoms. The summed E-state index contributed by atoms with van der Waals surface area (Å²) in [5.74, 6) is -1.84. The molecule has 6 nitrogen and oxygen atoms in total. The molecular formula is C12H17N3O3. The van der Waals surface area contributed by atoms with Crippen LogP contribution in [-0.2, 0) is 16.6 Å². The molecule has 0 aliphatic heterocycles. The van der Waals surface area contributed by atoms with E-state index >= 15 is 0 Å². The summed E-state index contributed by atoms with van der Waals surface area (Å²) in [4.78, 5) is 22.6. The van der Waals surface area contributed by atoms with Crippen LogP contribution in [-0.4, -0.2) is 26.8 Å². The first-order chi connectivity index (χ1) is 8.40. The van der Waals surface area contributed by atoms with Gasteiger partial charge in [0.1, 0.15) is 0 Å². The minimum Gasteiger partial charge on any atom is -0.481 e. The number of aliphatic carboxylic acids is 1. The zero-order chi connectivity index (χ0) is 13.4. The molecule has 0 spiro atoms. The van der Waals surface area contributed by atoms with Crippen molar-refractivity contribution in [2.24, 2.45) is 18.9 Å². The third kappa shape index (κ3) is 2.37. The van der Waals surface area contributed by atoms with Crippen molar-refractivity contribution in [3.63, 3.8) is 0 Å². The molecule has 0 bridgehead atoms. The Morgan fingerprint density at radius 3 is 2.67 bits per heavy atom. The number of nitrogens with zero attached hydrogens (tertiary/aromatic N) is 2. The summed E-state index contributed by atoms with van der Waals surface area (Å²) in [5, 5.41) is 15.8. The minimum atomic E-state index is -0.898. The second-order valence-electron chi connectivity index (χ2n) is 5.03. The van der Waals surface area contributed by atoms with Crippen LogP contribution in [0.5, 0.6) is 0 Å². The first-order valence-electron chi connectivity index (χ1n) is 5.97. The highest BCUT2D eigenvalue weighted by Crippen LogP contribution is 2.39. The molecule has 1 fully saturated rings. The van der Waals surface area contributed by atoms with Crippen molar-refractivity contribution in [1.29, 1.82) is 0 Å². The van der Waals surface area contributed by atoms with E-state index in [0.717, 1.165) is 5.69 Å². The Kier molecular flexibility index (Phi) is 3.11. The summed E-state index contributed by atoms with van der Waals surface area (Å²) in [7, 11) is 1.79. The number of hydrogen-bond acceptors (Lipinski definition) is 3. The van der Waals surface area contributed by atoms with E-state index < -0.39 is 17.8 Å². The van der Waals surface area contributed by atoms with E-state index in [4.69, 9.17) is 5.11 Å². The lowest BCUT2D eigenvalue weighted by molar-refractivity contribution is -0.139. The van der Waals surface area contributed by atoms with Gasteiger partial charge in [-0.3, -0.25) is 14.3 Å². The van der Waals surface area contributed by atoms with E-state index in [2.05, 4.69) is 10.4 Å². The third-order valence-corrected chi connectivity index (χ3v) is 3.11. The summed E-state index contributed by atoms with van der Waals surface area (Å²) < 4.78 is 1.65. The molecule has 2 N–H and O–H groups in total. The fraction of sp³-hybridized carbons (Fsp3) is 0.583. The second-order valence-corrected chi connectivity index (χ2v) is 5.03. The molecule has 1 amide bonds. The standard InChI is InChI=1S/C12H17N3O3/c1-6(2)10-9(5-15(3)14-10)13-11(16)7-4-8(7)12(17)18/h5-8H,4H2,1-3H3,(H,13,16)(H,17,18)/t7-,8+/m1/s1. The smallest absolute Gasteiger partial charge is 0.307 e. The summed E-state index contributed by atoms with van der Waals surface area (Å²) in [6, 6.07) is 0. The quantitative estimate of drug-likeness (QED) is 0.842. The summed E-state index contributed by atoms with van der Waals surface area (Å²) >= 11 is 0. The number of aryl methyl sites for hydroxylation is 1. The Hall–Kier alpha value is -1.85. The lowest BCUT2D eigenvalue weighted by Gasteiger charge is -2.06. The van der Waals surface area contributed by atoms with Crippen LogP contribution >= 0.6 is 0 Å². The van der Waals surface area contributed by atoms with Crippen molar-refractivity contribution >= 4 is 17.6 Å². The Labute approximate surface area is 105 Å². The molecule has 98 valence electrons. The minimum absolute atomic E-state index is 0.205. The Morgan fingerprint density at radius 1 is 1.50 bits per heavy atom. The van der Waals surface area contributed by atoms with Crippen LogP contribution in [0.4, 0.5) is 5.69 Å². The number of carboxylic acid groups (broad SMARTS) is 1. The number of aromatic nitrogens is 2. The molecule has 0 aromatic carbocycles. The Balaban J connectivity index is 2.06. The number of hydrogen-bond donors (Lipinski definition) is 2. The molecule has 1 saturated carbocycles. The van der Waals surface area contributed by atoms with Gasteiger partial charge in [-0.05, 0) is 12.3 Å². The average molecular weight is 251 g/mol. The molecule has 1 heterocycles. The van der Waals surface area contributed by atoms with Crippen molar-refractivity contribution in [2.75, 3.05) is 5.32 Å². The normalized spacial score (nSPS) is 22.0. The Bertz CT molecular complexity index is 493. The van der Waals surface area contributed by atoms with Crippen LogP contribution in [0.15, 0.2) is 6.20 Å². The third-order valence-electron chi connectivity index (χ3n) is 3.11. The second kappa shape index (κ2) is 4.44. The molecular weight excluding hydrogens is 234 g/mol. The van der Waals surface area contributed by atoms with E-state index in [1.807, 2.05) is 13.8 Å². The Morgan fingerprint density at radius 2 is 2.17 bits per heavy atom. The zero-order valence-electron chi connectivity index (χ0n) is 10.7. The highest BCUT2D eigenvalue weighted by Gasteiger charge is 2.48. The highest BCUT2D eigenvalue weighted by atomic mass is 16.4. The van der Waals surface area contributed by atoms with Gasteiger partial charge in [-0.1, -0.05) is 13.8 Å². The number of carbonyl (C=O) groups excluding carboxylic acids is 1. The first kappa shape index (κ1) is 12.6. The lowest BCUT2D eigenvalue weighted by Crippen LogP contribution is -2.17. The fourth-order valence-corrected chi connectivity index (χ4v) is 2.01. The van der Waals surface area contributed by atoms with E-state index in [1.165, 1.54) is 0 Å². The van der Waals surface area contributed by atoms with Crippen molar-refractivity contribution < 1.29 is 14.7 Å². The summed E-state index contributed by atoms with van der Waals surface area (Å²) in [5.41, 5.74) is 1.49. The molecule has 1 aliphatic rings. The predicted molar refractivity (Wildman–Crippen MR) is 65.2 cm³/mol. The molecule has 0 saturated heterocycles. The molecule has 1 aliphatic carbocycles. The molecule has 0 radical (unpaired) electrons. The zero-order valence-corrected chi connectivity index (χ0v) is 10.7. The molecule has 6 heteroatoms. The van der Waals surface area contributed by atoms with Crippen molar-refractivity contribution in [2.45, 2.75) is 26.2 Å². The largest absolute Gasteiger partial charge is 0.481 e. The first-order valence-corrected chi connectivity index (χ1v) is 5.97. The van der Waals surface area contributed by atoms with Gasteiger partial charge < -0.3 is 10.4 Å². The van der Waals surface area contributed by atoms with Crippen molar-refractivity contribution in [1.82, 2.24) is 9.78 Å². The highest BCUT2D eigenvalue weighted by molar-refractivity contribution is 5.98. The number of rotatable bonds is 4. The van der Waals surface area contributed by atoms with Gasteiger partial charge in [-0.2, -0.15) is 5.10 Å². The maximum atomic E-state index is 11.9. The average Bonchev–Trinajstić information content (AvgIpc) is 2.98. The number of carboxylic acids is 1. The molecule has 2 rings (SSSR count). The summed E-state index contributed by atoms with van der Waals surface area (Å²) in [6.07, 6.45) is 2.17. The molecule has 2 atom stereocenters. The van der Waals surface area contributed by atoms with Crippen LogP contribution in [0.3, 0.4) is 0 Å². The van der Waals surface area contributed by atoms with Gasteiger partial charge in [0, 0.05) is 13.2 Å². The predicted octanol–water partition coefficient (Wildman–Crippen LogP) is 1.20. The van der Waals surface area contributed by atoms with Gasteiger partial charge >= 0.3 is 5.97 Å². The number of anilines is 1. The number of carbonyl (C=O) groups is 2. The molecule has 1 aromatic rings. The molecule has 0 unspecified atom stereocenters. The van der Waals surface area contributed by atoms with Crippen molar-refractivity contribution in [3.05, 3.63) is 11.9 Å². The number of nitrogens with one attached hydrogen (secondary N) is 1. The van der Waals surface area contributed by atoms with E-state index in [1.54, 1.807) is 17.9 Å². The van der Waals surface area contributed by atoms with Gasteiger partial charge in [0.25, 0.3) is 0 Å². The van der Waals surface area contributed by atoms with Crippen LogP contribution in [0.1, 0.15) is 31.9 Å². The fourth-order valence-electron chi connectivity index (χ4n) is 2.01. The monoisotopic (exact) mass is 251 g/mol. The lowest BCUT2D eigenvalue weighted by atomic mass is 10.1.